The lowest BCUT2D eigenvalue weighted by Gasteiger charge is -2.15. The van der Waals surface area contributed by atoms with Gasteiger partial charge in [-0.25, -0.2) is 0 Å². The van der Waals surface area contributed by atoms with Crippen molar-refractivity contribution in [3.05, 3.63) is 46.5 Å². The first kappa shape index (κ1) is 13.5. The van der Waals surface area contributed by atoms with Gasteiger partial charge in [0.05, 0.1) is 19.3 Å². The average Bonchev–Trinajstić information content (AvgIpc) is 2.69. The molecule has 0 spiro atoms. The van der Waals surface area contributed by atoms with Crippen LogP contribution >= 0.6 is 0 Å². The summed E-state index contributed by atoms with van der Waals surface area (Å²) < 4.78 is 7.50. The highest BCUT2D eigenvalue weighted by Crippen LogP contribution is 2.24. The lowest BCUT2D eigenvalue weighted by molar-refractivity contribution is 0.407. The topological polar surface area (TPSA) is 39.1 Å². The largest absolute Gasteiger partial charge is 0.496 e. The van der Waals surface area contributed by atoms with Crippen molar-refractivity contribution in [2.75, 3.05) is 12.5 Å². The van der Waals surface area contributed by atoms with Crippen LogP contribution in [0.15, 0.2) is 18.3 Å². The molecule has 102 valence electrons. The van der Waals surface area contributed by atoms with Gasteiger partial charge in [0.2, 0.25) is 0 Å². The van der Waals surface area contributed by atoms with Crippen LogP contribution in [0.25, 0.3) is 0 Å². The Morgan fingerprint density at radius 2 is 1.79 bits per heavy atom. The van der Waals surface area contributed by atoms with Crippen molar-refractivity contribution in [2.45, 2.75) is 34.2 Å². The number of hydrogen-bond acceptors (Lipinski definition) is 3. The molecule has 2 rings (SSSR count). The molecular formula is C15H21N3O. The number of nitrogens with zero attached hydrogens (tertiary/aromatic N) is 2. The molecule has 0 aromatic carbocycles. The molecule has 0 aliphatic rings. The monoisotopic (exact) mass is 259 g/mol. The Balaban J connectivity index is 2.21. The van der Waals surface area contributed by atoms with E-state index in [9.17, 15) is 0 Å². The summed E-state index contributed by atoms with van der Waals surface area (Å²) in [6.45, 7) is 8.90. The summed E-state index contributed by atoms with van der Waals surface area (Å²) >= 11 is 0. The van der Waals surface area contributed by atoms with Gasteiger partial charge in [-0.15, -0.1) is 0 Å². The Morgan fingerprint density at radius 3 is 2.37 bits per heavy atom. The highest BCUT2D eigenvalue weighted by Gasteiger charge is 2.09. The zero-order valence-electron chi connectivity index (χ0n) is 12.2. The minimum Gasteiger partial charge on any atom is -0.496 e. The van der Waals surface area contributed by atoms with E-state index in [1.165, 1.54) is 11.4 Å². The van der Waals surface area contributed by atoms with Crippen molar-refractivity contribution in [1.29, 1.82) is 0 Å². The molecule has 2 aromatic heterocycles. The van der Waals surface area contributed by atoms with Crippen LogP contribution in [0, 0.1) is 27.7 Å². The third kappa shape index (κ3) is 2.57. The molecule has 0 aliphatic heterocycles. The van der Waals surface area contributed by atoms with Gasteiger partial charge < -0.3 is 10.2 Å². The summed E-state index contributed by atoms with van der Waals surface area (Å²) in [6.07, 6.45) is 1.86. The molecule has 0 bridgehead atoms. The van der Waals surface area contributed by atoms with Gasteiger partial charge >= 0.3 is 0 Å². The van der Waals surface area contributed by atoms with Gasteiger partial charge in [-0.3, -0.25) is 9.66 Å². The van der Waals surface area contributed by atoms with Crippen LogP contribution in [0.2, 0.25) is 0 Å². The standard InChI is InChI=1S/C15H21N3O/c1-10-8-16-14(13(4)15(10)19-5)9-17-18-11(2)6-7-12(18)3/h6-8,17H,9H2,1-5H3. The third-order valence-corrected chi connectivity index (χ3v) is 3.43. The number of aromatic nitrogens is 2. The Kier molecular flexibility index (Phi) is 3.79. The van der Waals surface area contributed by atoms with Crippen molar-refractivity contribution >= 4 is 0 Å². The molecule has 0 unspecified atom stereocenters. The Hall–Kier alpha value is -1.97. The first-order valence-corrected chi connectivity index (χ1v) is 6.42. The second-order valence-electron chi connectivity index (χ2n) is 4.83. The predicted octanol–water partition coefficient (Wildman–Crippen LogP) is 2.87. The van der Waals surface area contributed by atoms with E-state index in [-0.39, 0.29) is 0 Å². The molecule has 0 saturated carbocycles. The van der Waals surface area contributed by atoms with Gasteiger partial charge in [-0.2, -0.15) is 0 Å². The smallest absolute Gasteiger partial charge is 0.128 e. The van der Waals surface area contributed by atoms with Crippen molar-refractivity contribution < 1.29 is 4.74 Å². The molecule has 1 N–H and O–H groups in total. The van der Waals surface area contributed by atoms with E-state index in [0.717, 1.165) is 22.6 Å². The number of nitrogens with one attached hydrogen (secondary N) is 1. The molecule has 4 heteroatoms. The summed E-state index contributed by atoms with van der Waals surface area (Å²) in [5.74, 6) is 0.924. The second kappa shape index (κ2) is 5.34. The number of methoxy groups -OCH3 is 1. The molecule has 0 fully saturated rings. The molecule has 0 atom stereocenters. The number of ether oxygens (including phenoxy) is 1. The van der Waals surface area contributed by atoms with Gasteiger partial charge in [0.25, 0.3) is 0 Å². The van der Waals surface area contributed by atoms with Crippen LogP contribution in [-0.4, -0.2) is 16.8 Å². The molecule has 0 aliphatic carbocycles. The van der Waals surface area contributed by atoms with Crippen molar-refractivity contribution in [2.24, 2.45) is 0 Å². The van der Waals surface area contributed by atoms with Crippen LogP contribution in [0.3, 0.4) is 0 Å². The number of pyridine rings is 1. The average molecular weight is 259 g/mol. The minimum atomic E-state index is 0.679. The summed E-state index contributed by atoms with van der Waals surface area (Å²) in [5, 5.41) is 0. The highest BCUT2D eigenvalue weighted by molar-refractivity contribution is 5.41. The van der Waals surface area contributed by atoms with E-state index in [4.69, 9.17) is 4.74 Å². The van der Waals surface area contributed by atoms with E-state index < -0.39 is 0 Å². The Morgan fingerprint density at radius 1 is 1.16 bits per heavy atom. The predicted molar refractivity (Wildman–Crippen MR) is 77.2 cm³/mol. The maximum absolute atomic E-state index is 5.43. The lowest BCUT2D eigenvalue weighted by atomic mass is 10.1. The van der Waals surface area contributed by atoms with Crippen molar-refractivity contribution in [3.8, 4) is 5.75 Å². The molecule has 19 heavy (non-hydrogen) atoms. The van der Waals surface area contributed by atoms with Crippen molar-refractivity contribution in [1.82, 2.24) is 9.66 Å². The number of rotatable bonds is 4. The minimum absolute atomic E-state index is 0.679. The second-order valence-corrected chi connectivity index (χ2v) is 4.83. The normalized spacial score (nSPS) is 10.6. The summed E-state index contributed by atoms with van der Waals surface area (Å²) in [4.78, 5) is 4.49. The fourth-order valence-electron chi connectivity index (χ4n) is 2.32. The van der Waals surface area contributed by atoms with Crippen LogP contribution in [0.5, 0.6) is 5.75 Å². The van der Waals surface area contributed by atoms with Crippen LogP contribution in [0.4, 0.5) is 0 Å². The quantitative estimate of drug-likeness (QED) is 0.917. The Labute approximate surface area is 114 Å². The van der Waals surface area contributed by atoms with E-state index in [1.807, 2.05) is 20.0 Å². The first-order chi connectivity index (χ1) is 9.04. The summed E-state index contributed by atoms with van der Waals surface area (Å²) in [5.41, 5.74) is 8.94. The van der Waals surface area contributed by atoms with E-state index in [1.54, 1.807) is 7.11 Å². The maximum Gasteiger partial charge on any atom is 0.128 e. The van der Waals surface area contributed by atoms with Gasteiger partial charge in [-0.1, -0.05) is 0 Å². The summed E-state index contributed by atoms with van der Waals surface area (Å²) in [7, 11) is 1.70. The highest BCUT2D eigenvalue weighted by atomic mass is 16.5. The van der Waals surface area contributed by atoms with E-state index >= 15 is 0 Å². The molecule has 4 nitrogen and oxygen atoms in total. The van der Waals surface area contributed by atoms with E-state index in [0.29, 0.717) is 6.54 Å². The van der Waals surface area contributed by atoms with E-state index in [2.05, 4.69) is 41.1 Å². The first-order valence-electron chi connectivity index (χ1n) is 6.42. The molecule has 0 radical (unpaired) electrons. The van der Waals surface area contributed by atoms with Crippen LogP contribution in [0.1, 0.15) is 28.2 Å². The van der Waals surface area contributed by atoms with Crippen LogP contribution < -0.4 is 10.2 Å². The van der Waals surface area contributed by atoms with Gasteiger partial charge in [0.1, 0.15) is 5.75 Å². The molecule has 0 saturated heterocycles. The van der Waals surface area contributed by atoms with Crippen LogP contribution in [-0.2, 0) is 6.54 Å². The van der Waals surface area contributed by atoms with Gasteiger partial charge in [0, 0.05) is 28.7 Å². The third-order valence-electron chi connectivity index (χ3n) is 3.43. The zero-order chi connectivity index (χ0) is 14.0. The lowest BCUT2D eigenvalue weighted by Crippen LogP contribution is -2.18. The molecule has 0 amide bonds. The maximum atomic E-state index is 5.43. The number of hydrogen-bond donors (Lipinski definition) is 1. The molecular weight excluding hydrogens is 238 g/mol. The Bertz CT molecular complexity index is 568. The fourth-order valence-corrected chi connectivity index (χ4v) is 2.32. The van der Waals surface area contributed by atoms with Gasteiger partial charge in [0.15, 0.2) is 0 Å². The van der Waals surface area contributed by atoms with Gasteiger partial charge in [-0.05, 0) is 39.8 Å². The summed E-state index contributed by atoms with van der Waals surface area (Å²) in [6, 6.07) is 4.19. The molecule has 2 heterocycles. The fraction of sp³-hybridized carbons (Fsp3) is 0.400. The zero-order valence-corrected chi connectivity index (χ0v) is 12.2. The number of aryl methyl sites for hydroxylation is 3. The van der Waals surface area contributed by atoms with Crippen molar-refractivity contribution in [3.63, 3.8) is 0 Å². The molecule has 2 aromatic rings. The SMILES string of the molecule is COc1c(C)cnc(CNn2c(C)ccc2C)c1C.